The molecule has 4 aliphatic rings. The fraction of sp³-hybridized carbons (Fsp3) is 1.00. The highest BCUT2D eigenvalue weighted by Crippen LogP contribution is 2.45. The number of hydrogen-bond donors (Lipinski definition) is 11. The van der Waals surface area contributed by atoms with E-state index in [9.17, 15) is 40.9 Å². The zero-order valence-corrected chi connectivity index (χ0v) is 19.6. The van der Waals surface area contributed by atoms with Crippen LogP contribution in [0.4, 0.5) is 0 Å². The van der Waals surface area contributed by atoms with Crippen LogP contribution in [0.3, 0.4) is 0 Å². The summed E-state index contributed by atoms with van der Waals surface area (Å²) in [6, 6.07) is -2.50. The van der Waals surface area contributed by atoms with Gasteiger partial charge in [-0.15, -0.1) is 0 Å². The summed E-state index contributed by atoms with van der Waals surface area (Å²) in [6.45, 7) is -1.33. The van der Waals surface area contributed by atoms with Crippen LogP contribution >= 0.6 is 0 Å². The lowest BCUT2D eigenvalue weighted by Crippen LogP contribution is -2.69. The van der Waals surface area contributed by atoms with Crippen molar-refractivity contribution in [2.75, 3.05) is 20.3 Å². The van der Waals surface area contributed by atoms with E-state index >= 15 is 0 Å². The van der Waals surface area contributed by atoms with E-state index in [4.69, 9.17) is 35.2 Å². The third-order valence-electron chi connectivity index (χ3n) is 7.42. The molecule has 3 aliphatic heterocycles. The highest BCUT2D eigenvalue weighted by atomic mass is 16.9. The van der Waals surface area contributed by atoms with Crippen LogP contribution in [-0.2, 0) is 23.7 Å². The number of aliphatic hydroxyl groups excluding tert-OH is 8. The molecule has 0 unspecified atom stereocenters. The predicted molar refractivity (Wildman–Crippen MR) is 115 cm³/mol. The van der Waals surface area contributed by atoms with E-state index in [2.05, 4.69) is 5.32 Å². The van der Waals surface area contributed by atoms with Gasteiger partial charge < -0.3 is 81.3 Å². The van der Waals surface area contributed by atoms with Crippen LogP contribution in [0.2, 0.25) is 0 Å². The normalized spacial score (nSPS) is 54.4. The smallest absolute Gasteiger partial charge is 0.314 e. The zero-order chi connectivity index (χ0) is 26.5. The van der Waals surface area contributed by atoms with Crippen LogP contribution in [0, 0.1) is 0 Å². The summed E-state index contributed by atoms with van der Waals surface area (Å²) in [7, 11) is 1.60. The highest BCUT2D eigenvalue weighted by molar-refractivity contribution is 5.05. The average molecular weight is 528 g/mol. The van der Waals surface area contributed by atoms with Crippen molar-refractivity contribution in [1.82, 2.24) is 5.32 Å². The van der Waals surface area contributed by atoms with Crippen LogP contribution in [0.1, 0.15) is 6.42 Å². The Labute approximate surface area is 206 Å². The number of fused-ring (bicyclic) bond motifs is 1. The molecule has 0 aromatic heterocycles. The van der Waals surface area contributed by atoms with E-state index in [1.165, 1.54) is 0 Å². The molecule has 1 aliphatic carbocycles. The minimum Gasteiger partial charge on any atom is -0.395 e. The van der Waals surface area contributed by atoms with Crippen LogP contribution in [0.15, 0.2) is 0 Å². The van der Waals surface area contributed by atoms with Crippen molar-refractivity contribution in [2.45, 2.75) is 104 Å². The molecule has 0 aromatic rings. The fourth-order valence-electron chi connectivity index (χ4n) is 5.23. The first-order chi connectivity index (χ1) is 17.0. The molecule has 3 heterocycles. The van der Waals surface area contributed by atoms with Gasteiger partial charge in [0.2, 0.25) is 0 Å². The number of likely N-dealkylation sites (N-methyl/N-ethyl adjacent to an activating group) is 1. The molecule has 16 atom stereocenters. The molecule has 0 bridgehead atoms. The lowest BCUT2D eigenvalue weighted by Gasteiger charge is -2.46. The minimum atomic E-state index is -2.48. The summed E-state index contributed by atoms with van der Waals surface area (Å²) in [6.07, 6.45) is -17.7. The van der Waals surface area contributed by atoms with Crippen molar-refractivity contribution in [3.63, 3.8) is 0 Å². The summed E-state index contributed by atoms with van der Waals surface area (Å²) in [4.78, 5) is 0. The van der Waals surface area contributed by atoms with Gasteiger partial charge in [0, 0.05) is 12.1 Å². The lowest BCUT2D eigenvalue weighted by molar-refractivity contribution is -0.439. The van der Waals surface area contributed by atoms with Gasteiger partial charge in [0.15, 0.2) is 12.4 Å². The van der Waals surface area contributed by atoms with E-state index in [0.29, 0.717) is 0 Å². The summed E-state index contributed by atoms with van der Waals surface area (Å²) in [5.74, 6) is -2.48. The van der Waals surface area contributed by atoms with Gasteiger partial charge >= 0.3 is 5.97 Å². The summed E-state index contributed by atoms with van der Waals surface area (Å²) in [5.41, 5.74) is 11.8. The molecule has 1 spiro atoms. The second-order valence-corrected chi connectivity index (χ2v) is 9.72. The molecular weight excluding hydrogens is 490 g/mol. The first-order valence-electron chi connectivity index (χ1n) is 11.8. The summed E-state index contributed by atoms with van der Waals surface area (Å²) in [5, 5.41) is 85.6. The SMILES string of the molecule is CN[C@H]1C[C@@H](N)[C@H](O)[C@@H](O[C@@H]2O[C@H](CO)[C@H](O)[C@@H]3O[C@]4(O[C@@H]23)O[C@H]([C@@H](N)CO)[C@H](O)[C@@H](O)[C@H]4O)[C@@H]1O. The van der Waals surface area contributed by atoms with Crippen molar-refractivity contribution in [1.29, 1.82) is 0 Å². The van der Waals surface area contributed by atoms with Gasteiger partial charge in [0.1, 0.15) is 48.8 Å². The lowest BCUT2D eigenvalue weighted by atomic mass is 9.84. The van der Waals surface area contributed by atoms with E-state index in [-0.39, 0.29) is 6.42 Å². The monoisotopic (exact) mass is 527 g/mol. The van der Waals surface area contributed by atoms with Crippen LogP contribution in [-0.4, -0.2) is 159 Å². The maximum Gasteiger partial charge on any atom is 0.314 e. The molecule has 1 saturated carbocycles. The summed E-state index contributed by atoms with van der Waals surface area (Å²) < 4.78 is 28.7. The number of aliphatic hydroxyl groups is 8. The Bertz CT molecular complexity index is 756. The quantitative estimate of drug-likeness (QED) is 0.153. The molecule has 16 heteroatoms. The van der Waals surface area contributed by atoms with Crippen LogP contribution in [0.5, 0.6) is 0 Å². The van der Waals surface area contributed by atoms with E-state index in [1.54, 1.807) is 7.05 Å². The van der Waals surface area contributed by atoms with Crippen molar-refractivity contribution < 1.29 is 64.5 Å². The van der Waals surface area contributed by atoms with Crippen molar-refractivity contribution in [2.24, 2.45) is 11.5 Å². The Hall–Kier alpha value is -0.640. The second kappa shape index (κ2) is 10.9. The first-order valence-corrected chi connectivity index (χ1v) is 11.8. The number of hydrogen-bond acceptors (Lipinski definition) is 16. The number of ether oxygens (including phenoxy) is 5. The van der Waals surface area contributed by atoms with Gasteiger partial charge in [-0.25, -0.2) is 0 Å². The average Bonchev–Trinajstić information content (AvgIpc) is 3.27. The van der Waals surface area contributed by atoms with Gasteiger partial charge in [0.25, 0.3) is 0 Å². The molecule has 210 valence electrons. The molecule has 16 nitrogen and oxygen atoms in total. The Morgan fingerprint density at radius 3 is 2.22 bits per heavy atom. The first kappa shape index (κ1) is 28.4. The predicted octanol–water partition coefficient (Wildman–Crippen LogP) is -7.27. The molecule has 3 saturated heterocycles. The Balaban J connectivity index is 1.62. The topological polar surface area (TPSA) is 272 Å². The molecular formula is C20H37N3O13. The van der Waals surface area contributed by atoms with Crippen LogP contribution in [0.25, 0.3) is 0 Å². The van der Waals surface area contributed by atoms with E-state index < -0.39 is 111 Å². The van der Waals surface area contributed by atoms with Crippen molar-refractivity contribution >= 4 is 0 Å². The molecule has 36 heavy (non-hydrogen) atoms. The van der Waals surface area contributed by atoms with Crippen molar-refractivity contribution in [3.05, 3.63) is 0 Å². The van der Waals surface area contributed by atoms with Gasteiger partial charge in [-0.2, -0.15) is 0 Å². The Morgan fingerprint density at radius 1 is 0.944 bits per heavy atom. The van der Waals surface area contributed by atoms with E-state index in [0.717, 1.165) is 0 Å². The van der Waals surface area contributed by atoms with Gasteiger partial charge in [-0.3, -0.25) is 0 Å². The highest BCUT2D eigenvalue weighted by Gasteiger charge is 2.67. The molecule has 4 rings (SSSR count). The standard InChI is InChI=1S/C20H37N3O13/c1-23-7-2-5(21)9(26)15(10(7)27)33-19-17-16(11(28)8(4-25)32-19)35-20(36-17)18(31)13(30)12(29)14(34-20)6(22)3-24/h5-19,23-31H,2-4,21-22H2,1H3/t5-,6+,7+,8-,9+,10-,11+,12-,13-,14-,15-,16+,17-,18-,19+,20-/m1/s1. The van der Waals surface area contributed by atoms with Crippen LogP contribution < -0.4 is 16.8 Å². The third-order valence-corrected chi connectivity index (χ3v) is 7.42. The Kier molecular flexibility index (Phi) is 8.55. The molecule has 0 radical (unpaired) electrons. The number of rotatable bonds is 6. The van der Waals surface area contributed by atoms with Gasteiger partial charge in [-0.1, -0.05) is 0 Å². The summed E-state index contributed by atoms with van der Waals surface area (Å²) >= 11 is 0. The third kappa shape index (κ3) is 4.68. The van der Waals surface area contributed by atoms with Gasteiger partial charge in [-0.05, 0) is 13.5 Å². The van der Waals surface area contributed by atoms with Gasteiger partial charge in [0.05, 0.1) is 31.5 Å². The Morgan fingerprint density at radius 2 is 1.61 bits per heavy atom. The minimum absolute atomic E-state index is 0.254. The number of nitrogens with two attached hydrogens (primary N) is 2. The molecule has 4 fully saturated rings. The fourth-order valence-corrected chi connectivity index (χ4v) is 5.23. The molecule has 0 amide bonds. The number of nitrogens with one attached hydrogen (secondary N) is 1. The second-order valence-electron chi connectivity index (χ2n) is 9.72. The molecule has 0 aromatic carbocycles. The van der Waals surface area contributed by atoms with E-state index in [1.807, 2.05) is 0 Å². The maximum atomic E-state index is 10.7. The zero-order valence-electron chi connectivity index (χ0n) is 19.6. The largest absolute Gasteiger partial charge is 0.395 e. The molecule has 13 N–H and O–H groups in total. The van der Waals surface area contributed by atoms with Crippen molar-refractivity contribution in [3.8, 4) is 0 Å². The maximum absolute atomic E-state index is 10.7.